The third-order valence-corrected chi connectivity index (χ3v) is 5.73. The Kier molecular flexibility index (Phi) is 3.35. The van der Waals surface area contributed by atoms with E-state index >= 15 is 0 Å². The van der Waals surface area contributed by atoms with Crippen molar-refractivity contribution in [2.45, 2.75) is 53.1 Å². The van der Waals surface area contributed by atoms with Gasteiger partial charge in [0.2, 0.25) is 0 Å². The zero-order valence-electron chi connectivity index (χ0n) is 11.9. The Morgan fingerprint density at radius 2 is 1.89 bits per heavy atom. The smallest absolute Gasteiger partial charge is 0.165 e. The quantitative estimate of drug-likeness (QED) is 0.752. The topological polar surface area (TPSA) is 57.5 Å². The van der Waals surface area contributed by atoms with Crippen molar-refractivity contribution in [1.82, 2.24) is 0 Å². The molecule has 0 aromatic rings. The van der Waals surface area contributed by atoms with Crippen molar-refractivity contribution in [3.63, 3.8) is 0 Å². The molecule has 2 aliphatic carbocycles. The fraction of sp³-hybridized carbons (Fsp3) is 0.933. The summed E-state index contributed by atoms with van der Waals surface area (Å²) in [5.41, 5.74) is -0.231. The summed E-state index contributed by atoms with van der Waals surface area (Å²) < 4.78 is 0. The fourth-order valence-corrected chi connectivity index (χ4v) is 4.84. The van der Waals surface area contributed by atoms with Crippen molar-refractivity contribution in [3.05, 3.63) is 0 Å². The summed E-state index contributed by atoms with van der Waals surface area (Å²) in [7, 11) is 0. The van der Waals surface area contributed by atoms with Gasteiger partial charge < -0.3 is 10.2 Å². The summed E-state index contributed by atoms with van der Waals surface area (Å²) in [6.07, 6.45) is 2.21. The van der Waals surface area contributed by atoms with E-state index in [1.807, 2.05) is 6.92 Å². The molecule has 0 spiro atoms. The number of fused-ring (bicyclic) bond motifs is 1. The third kappa shape index (κ3) is 1.75. The molecule has 3 nitrogen and oxygen atoms in total. The number of ketones is 1. The van der Waals surface area contributed by atoms with Crippen molar-refractivity contribution >= 4 is 5.78 Å². The number of carbonyl (C=O) groups excluding carboxylic acids is 1. The highest BCUT2D eigenvalue weighted by atomic mass is 16.3. The van der Waals surface area contributed by atoms with Crippen molar-refractivity contribution in [2.24, 2.45) is 28.6 Å². The van der Waals surface area contributed by atoms with Gasteiger partial charge in [0.1, 0.15) is 6.10 Å². The average molecular weight is 254 g/mol. The maximum atomic E-state index is 12.5. The minimum absolute atomic E-state index is 0.000556. The van der Waals surface area contributed by atoms with Gasteiger partial charge in [-0.2, -0.15) is 0 Å². The third-order valence-electron chi connectivity index (χ3n) is 5.73. The Hall–Kier alpha value is -0.410. The normalized spacial score (nSPS) is 47.8. The van der Waals surface area contributed by atoms with Gasteiger partial charge in [0.25, 0.3) is 0 Å². The monoisotopic (exact) mass is 254 g/mol. The first-order chi connectivity index (χ1) is 8.25. The lowest BCUT2D eigenvalue weighted by Gasteiger charge is -2.58. The second kappa shape index (κ2) is 4.31. The van der Waals surface area contributed by atoms with E-state index in [0.29, 0.717) is 0 Å². The summed E-state index contributed by atoms with van der Waals surface area (Å²) >= 11 is 0. The first kappa shape index (κ1) is 14.0. The van der Waals surface area contributed by atoms with E-state index in [4.69, 9.17) is 0 Å². The number of aliphatic hydroxyl groups is 2. The van der Waals surface area contributed by atoms with E-state index < -0.39 is 6.10 Å². The largest absolute Gasteiger partial charge is 0.396 e. The van der Waals surface area contributed by atoms with Crippen LogP contribution in [0.5, 0.6) is 0 Å². The molecule has 3 heteroatoms. The van der Waals surface area contributed by atoms with Gasteiger partial charge in [0, 0.05) is 12.5 Å². The summed E-state index contributed by atoms with van der Waals surface area (Å²) in [4.78, 5) is 12.5. The molecule has 5 unspecified atom stereocenters. The average Bonchev–Trinajstić information content (AvgIpc) is 2.25. The van der Waals surface area contributed by atoms with Gasteiger partial charge in [-0.1, -0.05) is 34.1 Å². The second-order valence-corrected chi connectivity index (χ2v) is 7.28. The number of aliphatic hydroxyl groups excluding tert-OH is 2. The van der Waals surface area contributed by atoms with E-state index in [2.05, 4.69) is 20.8 Å². The minimum Gasteiger partial charge on any atom is -0.396 e. The van der Waals surface area contributed by atoms with Crippen LogP contribution in [0.1, 0.15) is 47.0 Å². The molecule has 2 saturated carbocycles. The van der Waals surface area contributed by atoms with Crippen molar-refractivity contribution in [3.8, 4) is 0 Å². The molecule has 0 heterocycles. The molecule has 0 aliphatic heterocycles. The Bertz CT molecular complexity index is 350. The molecule has 2 fully saturated rings. The lowest BCUT2D eigenvalue weighted by molar-refractivity contribution is -0.174. The predicted octanol–water partition coefficient (Wildman–Crippen LogP) is 2.01. The predicted molar refractivity (Wildman–Crippen MR) is 70.0 cm³/mol. The van der Waals surface area contributed by atoms with E-state index in [1.54, 1.807) is 0 Å². The lowest BCUT2D eigenvalue weighted by Crippen LogP contribution is -2.61. The van der Waals surface area contributed by atoms with Crippen molar-refractivity contribution in [1.29, 1.82) is 0 Å². The summed E-state index contributed by atoms with van der Waals surface area (Å²) in [5, 5.41) is 19.9. The molecule has 2 N–H and O–H groups in total. The zero-order valence-corrected chi connectivity index (χ0v) is 11.9. The van der Waals surface area contributed by atoms with Crippen LogP contribution in [0, 0.1) is 28.6 Å². The fourth-order valence-electron chi connectivity index (χ4n) is 4.84. The number of Topliss-reactive ketones (excluding diaryl/α,β-unsaturated/α-hetero) is 1. The SMILES string of the molecule is CC1C(O)C(=O)C2C(C)(C)CCCC2(C)C1CO. The molecule has 18 heavy (non-hydrogen) atoms. The van der Waals surface area contributed by atoms with Gasteiger partial charge >= 0.3 is 0 Å². The first-order valence-corrected chi connectivity index (χ1v) is 7.08. The van der Waals surface area contributed by atoms with Gasteiger partial charge in [-0.05, 0) is 35.5 Å². The van der Waals surface area contributed by atoms with E-state index in [0.717, 1.165) is 19.3 Å². The van der Waals surface area contributed by atoms with Crippen LogP contribution in [-0.4, -0.2) is 28.7 Å². The van der Waals surface area contributed by atoms with Crippen LogP contribution in [0.15, 0.2) is 0 Å². The molecule has 0 saturated heterocycles. The van der Waals surface area contributed by atoms with Crippen LogP contribution in [0.2, 0.25) is 0 Å². The van der Waals surface area contributed by atoms with Gasteiger partial charge in [-0.3, -0.25) is 4.79 Å². The van der Waals surface area contributed by atoms with Crippen LogP contribution in [0.3, 0.4) is 0 Å². The Morgan fingerprint density at radius 3 is 2.44 bits per heavy atom. The van der Waals surface area contributed by atoms with E-state index in [1.165, 1.54) is 0 Å². The first-order valence-electron chi connectivity index (χ1n) is 7.08. The highest BCUT2D eigenvalue weighted by Crippen LogP contribution is 2.59. The number of hydrogen-bond donors (Lipinski definition) is 2. The molecular weight excluding hydrogens is 228 g/mol. The van der Waals surface area contributed by atoms with Crippen molar-refractivity contribution in [2.75, 3.05) is 6.61 Å². The summed E-state index contributed by atoms with van der Waals surface area (Å²) in [6.45, 7) is 8.36. The van der Waals surface area contributed by atoms with E-state index in [9.17, 15) is 15.0 Å². The Labute approximate surface area is 110 Å². The maximum Gasteiger partial charge on any atom is 0.165 e. The van der Waals surface area contributed by atoms with Gasteiger partial charge in [0.05, 0.1) is 0 Å². The van der Waals surface area contributed by atoms with Gasteiger partial charge in [0.15, 0.2) is 5.78 Å². The molecule has 0 amide bonds. The van der Waals surface area contributed by atoms with Crippen LogP contribution in [0.4, 0.5) is 0 Å². The highest BCUT2D eigenvalue weighted by Gasteiger charge is 2.60. The molecule has 0 bridgehead atoms. The minimum atomic E-state index is -0.905. The second-order valence-electron chi connectivity index (χ2n) is 7.28. The highest BCUT2D eigenvalue weighted by molar-refractivity contribution is 5.88. The number of hydrogen-bond acceptors (Lipinski definition) is 3. The Morgan fingerprint density at radius 1 is 1.28 bits per heavy atom. The van der Waals surface area contributed by atoms with E-state index in [-0.39, 0.29) is 41.0 Å². The number of carbonyl (C=O) groups is 1. The molecule has 2 aliphatic rings. The van der Waals surface area contributed by atoms with Crippen LogP contribution in [-0.2, 0) is 4.79 Å². The van der Waals surface area contributed by atoms with Crippen molar-refractivity contribution < 1.29 is 15.0 Å². The molecular formula is C15H26O3. The molecule has 2 rings (SSSR count). The maximum absolute atomic E-state index is 12.5. The standard InChI is InChI=1S/C15H26O3/c1-9-10(8-16)15(4)7-5-6-14(2,3)13(15)12(18)11(9)17/h9-11,13,16-17H,5-8H2,1-4H3. The lowest BCUT2D eigenvalue weighted by atomic mass is 9.46. The van der Waals surface area contributed by atoms with Gasteiger partial charge in [-0.25, -0.2) is 0 Å². The molecule has 0 aromatic heterocycles. The van der Waals surface area contributed by atoms with Crippen LogP contribution < -0.4 is 0 Å². The van der Waals surface area contributed by atoms with Crippen LogP contribution >= 0.6 is 0 Å². The summed E-state index contributed by atoms with van der Waals surface area (Å²) in [5.74, 6) is -0.242. The summed E-state index contributed by atoms with van der Waals surface area (Å²) in [6, 6.07) is 0. The molecule has 5 atom stereocenters. The molecule has 0 aromatic carbocycles. The number of rotatable bonds is 1. The van der Waals surface area contributed by atoms with Crippen LogP contribution in [0.25, 0.3) is 0 Å². The molecule has 104 valence electrons. The molecule has 0 radical (unpaired) electrons. The Balaban J connectivity index is 2.48. The van der Waals surface area contributed by atoms with Gasteiger partial charge in [-0.15, -0.1) is 0 Å². The zero-order chi connectivity index (χ0) is 13.7.